The van der Waals surface area contributed by atoms with Crippen LogP contribution >= 0.6 is 15.9 Å². The van der Waals surface area contributed by atoms with Crippen molar-refractivity contribution in [1.82, 2.24) is 14.7 Å². The minimum atomic E-state index is -0.553. The second-order valence-electron chi connectivity index (χ2n) is 11.1. The molecule has 2 heterocycles. The van der Waals surface area contributed by atoms with Crippen LogP contribution in [0.25, 0.3) is 16.9 Å². The molecule has 1 N–H and O–H groups in total. The van der Waals surface area contributed by atoms with E-state index in [0.717, 1.165) is 58.3 Å². The molecular weight excluding hydrogens is 558 g/mol. The van der Waals surface area contributed by atoms with Crippen LogP contribution < -0.4 is 5.32 Å². The van der Waals surface area contributed by atoms with Crippen LogP contribution in [0.5, 0.6) is 0 Å². The van der Waals surface area contributed by atoms with Gasteiger partial charge < -0.3 is 19.2 Å². The average Bonchev–Trinajstić information content (AvgIpc) is 3.26. The standard InChI is InChI=1S/C31H34BrN3O4/c1-5-38-28(36)22-18-24(32)27-33-25(26(35(27)19-22)21-10-7-6-8-11-21)20-12-14-23(15-13-20)31(16-9-17-31)34-29(37)39-30(2,3)4/h6-8,10,12-15,18-19,21H,5,9,11,16-17H2,1-4H3,(H,34,37). The van der Waals surface area contributed by atoms with Crippen LogP contribution in [0.3, 0.4) is 0 Å². The largest absolute Gasteiger partial charge is 0.462 e. The Labute approximate surface area is 237 Å². The SMILES string of the molecule is CCOC(=O)c1cc(Br)c2nc(-c3ccc(C4(NC(=O)OC(C)(C)C)CCC4)cc3)c(C3C=CC=CC3)n2c1. The summed E-state index contributed by atoms with van der Waals surface area (Å²) in [7, 11) is 0. The minimum Gasteiger partial charge on any atom is -0.462 e. The number of pyridine rings is 1. The zero-order valence-electron chi connectivity index (χ0n) is 22.8. The maximum atomic E-state index is 12.6. The number of carbonyl (C=O) groups excluding carboxylic acids is 2. The number of aromatic nitrogens is 2. The Morgan fingerprint density at radius 1 is 1.18 bits per heavy atom. The Hall–Kier alpha value is -3.39. The normalized spacial score (nSPS) is 18.0. The van der Waals surface area contributed by atoms with E-state index in [2.05, 4.69) is 57.7 Å². The first kappa shape index (κ1) is 27.2. The molecule has 1 amide bonds. The monoisotopic (exact) mass is 591 g/mol. The molecule has 1 aromatic carbocycles. The number of esters is 1. The third kappa shape index (κ3) is 5.53. The van der Waals surface area contributed by atoms with Gasteiger partial charge in [0.05, 0.1) is 33.6 Å². The lowest BCUT2D eigenvalue weighted by molar-refractivity contribution is 0.0376. The summed E-state index contributed by atoms with van der Waals surface area (Å²) in [6.45, 7) is 7.71. The van der Waals surface area contributed by atoms with E-state index in [4.69, 9.17) is 14.5 Å². The highest BCUT2D eigenvalue weighted by atomic mass is 79.9. The van der Waals surface area contributed by atoms with E-state index in [1.54, 1.807) is 13.0 Å². The molecule has 1 saturated carbocycles. The van der Waals surface area contributed by atoms with Gasteiger partial charge in [0.25, 0.3) is 0 Å². The number of benzene rings is 1. The second-order valence-corrected chi connectivity index (χ2v) is 12.0. The van der Waals surface area contributed by atoms with Crippen molar-refractivity contribution in [3.05, 3.63) is 82.1 Å². The van der Waals surface area contributed by atoms with Crippen molar-refractivity contribution >= 4 is 33.6 Å². The van der Waals surface area contributed by atoms with Crippen LogP contribution in [-0.2, 0) is 15.0 Å². The van der Waals surface area contributed by atoms with Gasteiger partial charge in [0.2, 0.25) is 0 Å². The highest BCUT2D eigenvalue weighted by Gasteiger charge is 2.41. The van der Waals surface area contributed by atoms with Crippen LogP contribution in [0.1, 0.15) is 80.9 Å². The fourth-order valence-electron chi connectivity index (χ4n) is 5.26. The van der Waals surface area contributed by atoms with Gasteiger partial charge in [0.1, 0.15) is 5.60 Å². The number of imidazole rings is 1. The fraction of sp³-hybridized carbons (Fsp3) is 0.387. The highest BCUT2D eigenvalue weighted by molar-refractivity contribution is 9.10. The Kier molecular flexibility index (Phi) is 7.42. The van der Waals surface area contributed by atoms with Crippen molar-refractivity contribution in [2.75, 3.05) is 6.61 Å². The molecule has 0 saturated heterocycles. The number of alkyl carbamates (subject to hydrolysis) is 1. The number of allylic oxidation sites excluding steroid dienone is 4. The molecule has 39 heavy (non-hydrogen) atoms. The first-order valence-corrected chi connectivity index (χ1v) is 14.2. The molecule has 204 valence electrons. The maximum Gasteiger partial charge on any atom is 0.408 e. The first-order chi connectivity index (χ1) is 18.6. The fourth-order valence-corrected chi connectivity index (χ4v) is 5.79. The summed E-state index contributed by atoms with van der Waals surface area (Å²) in [6.07, 6.45) is 13.4. The van der Waals surface area contributed by atoms with Crippen LogP contribution in [0, 0.1) is 0 Å². The molecule has 5 rings (SSSR count). The maximum absolute atomic E-state index is 12.6. The molecule has 2 aromatic heterocycles. The molecule has 2 aliphatic carbocycles. The minimum absolute atomic E-state index is 0.0934. The quantitative estimate of drug-likeness (QED) is 0.301. The lowest BCUT2D eigenvalue weighted by Crippen LogP contribution is -2.52. The summed E-state index contributed by atoms with van der Waals surface area (Å²) in [6, 6.07) is 10.1. The lowest BCUT2D eigenvalue weighted by Gasteiger charge is -2.43. The van der Waals surface area contributed by atoms with Crippen LogP contribution in [0.2, 0.25) is 0 Å². The van der Waals surface area contributed by atoms with Crippen LogP contribution in [0.15, 0.2) is 65.3 Å². The van der Waals surface area contributed by atoms with Crippen molar-refractivity contribution in [3.63, 3.8) is 0 Å². The van der Waals surface area contributed by atoms with E-state index in [1.165, 1.54) is 0 Å². The Morgan fingerprint density at radius 2 is 1.92 bits per heavy atom. The van der Waals surface area contributed by atoms with Crippen molar-refractivity contribution < 1.29 is 19.1 Å². The van der Waals surface area contributed by atoms with E-state index in [9.17, 15) is 9.59 Å². The van der Waals surface area contributed by atoms with E-state index in [-0.39, 0.29) is 11.9 Å². The predicted molar refractivity (Wildman–Crippen MR) is 155 cm³/mol. The third-order valence-electron chi connectivity index (χ3n) is 7.21. The summed E-state index contributed by atoms with van der Waals surface area (Å²) in [5, 5.41) is 3.13. The molecule has 0 radical (unpaired) electrons. The van der Waals surface area contributed by atoms with Crippen LogP contribution in [-0.4, -0.2) is 33.7 Å². The van der Waals surface area contributed by atoms with Gasteiger partial charge in [-0.05, 0) is 80.9 Å². The van der Waals surface area contributed by atoms with Crippen molar-refractivity contribution in [2.24, 2.45) is 0 Å². The number of ether oxygens (including phenoxy) is 2. The smallest absolute Gasteiger partial charge is 0.408 e. The number of halogens is 1. The number of nitrogens with zero attached hydrogens (tertiary/aromatic N) is 2. The zero-order valence-corrected chi connectivity index (χ0v) is 24.4. The summed E-state index contributed by atoms with van der Waals surface area (Å²) < 4.78 is 13.5. The molecule has 8 heteroatoms. The number of carbonyl (C=O) groups is 2. The number of hydrogen-bond acceptors (Lipinski definition) is 5. The topological polar surface area (TPSA) is 81.9 Å². The molecule has 0 aliphatic heterocycles. The number of fused-ring (bicyclic) bond motifs is 1. The van der Waals surface area contributed by atoms with Crippen molar-refractivity contribution in [2.45, 2.75) is 70.4 Å². The van der Waals surface area contributed by atoms with Gasteiger partial charge in [-0.1, -0.05) is 48.6 Å². The Bertz CT molecular complexity index is 1460. The zero-order chi connectivity index (χ0) is 27.8. The van der Waals surface area contributed by atoms with Gasteiger partial charge in [-0.3, -0.25) is 0 Å². The molecule has 7 nitrogen and oxygen atoms in total. The van der Waals surface area contributed by atoms with Crippen molar-refractivity contribution in [3.8, 4) is 11.3 Å². The number of hydrogen-bond donors (Lipinski definition) is 1. The lowest BCUT2D eigenvalue weighted by atomic mass is 9.71. The summed E-state index contributed by atoms with van der Waals surface area (Å²) in [5.74, 6) is -0.274. The van der Waals surface area contributed by atoms with Gasteiger partial charge in [-0.2, -0.15) is 0 Å². The number of rotatable bonds is 6. The molecule has 3 aromatic rings. The molecule has 0 bridgehead atoms. The van der Waals surface area contributed by atoms with E-state index < -0.39 is 17.2 Å². The summed E-state index contributed by atoms with van der Waals surface area (Å²) in [4.78, 5) is 30.2. The molecule has 2 aliphatic rings. The van der Waals surface area contributed by atoms with Gasteiger partial charge in [-0.15, -0.1) is 0 Å². The van der Waals surface area contributed by atoms with Crippen molar-refractivity contribution in [1.29, 1.82) is 0 Å². The van der Waals surface area contributed by atoms with Gasteiger partial charge >= 0.3 is 12.1 Å². The first-order valence-electron chi connectivity index (χ1n) is 13.4. The number of nitrogens with one attached hydrogen (secondary N) is 1. The van der Waals surface area contributed by atoms with Gasteiger partial charge in [0, 0.05) is 17.7 Å². The van der Waals surface area contributed by atoms with Crippen LogP contribution in [0.4, 0.5) is 4.79 Å². The average molecular weight is 593 g/mol. The van der Waals surface area contributed by atoms with Gasteiger partial charge in [0.15, 0.2) is 5.65 Å². The Balaban J connectivity index is 1.54. The molecule has 1 unspecified atom stereocenters. The summed E-state index contributed by atoms with van der Waals surface area (Å²) >= 11 is 3.63. The van der Waals surface area contributed by atoms with E-state index in [1.807, 2.05) is 43.5 Å². The molecule has 0 spiro atoms. The molecular formula is C31H34BrN3O4. The molecule has 1 atom stereocenters. The predicted octanol–water partition coefficient (Wildman–Crippen LogP) is 7.44. The number of amides is 1. The third-order valence-corrected chi connectivity index (χ3v) is 7.80. The Morgan fingerprint density at radius 3 is 2.51 bits per heavy atom. The highest BCUT2D eigenvalue weighted by Crippen LogP contribution is 2.43. The van der Waals surface area contributed by atoms with E-state index in [0.29, 0.717) is 12.2 Å². The van der Waals surface area contributed by atoms with Gasteiger partial charge in [-0.25, -0.2) is 14.6 Å². The second kappa shape index (κ2) is 10.6. The summed E-state index contributed by atoms with van der Waals surface area (Å²) in [5.41, 5.74) is 4.12. The molecule has 1 fully saturated rings. The van der Waals surface area contributed by atoms with E-state index >= 15 is 0 Å².